The van der Waals surface area contributed by atoms with Crippen LogP contribution in [0.2, 0.25) is 0 Å². The fourth-order valence-corrected chi connectivity index (χ4v) is 10.2. The van der Waals surface area contributed by atoms with Crippen LogP contribution in [0.3, 0.4) is 0 Å². The highest BCUT2D eigenvalue weighted by atomic mass is 16.4. The maximum absolute atomic E-state index is 14.1. The van der Waals surface area contributed by atoms with Crippen molar-refractivity contribution in [3.63, 3.8) is 0 Å². The van der Waals surface area contributed by atoms with Crippen molar-refractivity contribution in [2.75, 3.05) is 11.4 Å². The molecule has 3 aliphatic heterocycles. The van der Waals surface area contributed by atoms with Crippen molar-refractivity contribution in [1.82, 2.24) is 14.5 Å². The number of aliphatic carboxylic acids is 1. The summed E-state index contributed by atoms with van der Waals surface area (Å²) in [6.07, 6.45) is 13.5. The van der Waals surface area contributed by atoms with Gasteiger partial charge in [0.1, 0.15) is 6.04 Å². The average molecular weight is 517 g/mol. The predicted molar refractivity (Wildman–Crippen MR) is 146 cm³/mol. The summed E-state index contributed by atoms with van der Waals surface area (Å²) in [5.74, 6) is 2.27. The first-order valence-corrected chi connectivity index (χ1v) is 15.2. The van der Waals surface area contributed by atoms with Gasteiger partial charge in [0, 0.05) is 30.7 Å². The first-order chi connectivity index (χ1) is 18.4. The quantitative estimate of drug-likeness (QED) is 0.627. The topological polar surface area (TPSA) is 78.7 Å². The van der Waals surface area contributed by atoms with Crippen molar-refractivity contribution in [1.29, 1.82) is 0 Å². The van der Waals surface area contributed by atoms with Crippen LogP contribution >= 0.6 is 0 Å². The van der Waals surface area contributed by atoms with Crippen molar-refractivity contribution in [2.24, 2.45) is 23.2 Å². The lowest BCUT2D eigenvalue weighted by atomic mass is 9.54. The normalized spacial score (nSPS) is 41.9. The van der Waals surface area contributed by atoms with Gasteiger partial charge in [-0.05, 0) is 99.5 Å². The summed E-state index contributed by atoms with van der Waals surface area (Å²) in [5, 5.41) is 9.66. The molecular formula is C31H40N4O3. The number of carboxylic acid groups (broad SMARTS) is 1. The van der Waals surface area contributed by atoms with Gasteiger partial charge in [-0.25, -0.2) is 9.78 Å². The summed E-state index contributed by atoms with van der Waals surface area (Å²) in [5.41, 5.74) is 2.20. The molecule has 4 heterocycles. The van der Waals surface area contributed by atoms with Gasteiger partial charge in [-0.1, -0.05) is 25.5 Å². The van der Waals surface area contributed by atoms with Crippen LogP contribution < -0.4 is 10.5 Å². The van der Waals surface area contributed by atoms with E-state index < -0.39 is 12.0 Å². The zero-order valence-electron chi connectivity index (χ0n) is 22.5. The van der Waals surface area contributed by atoms with Crippen LogP contribution in [-0.2, 0) is 4.79 Å². The molecule has 2 unspecified atom stereocenters. The van der Waals surface area contributed by atoms with Gasteiger partial charge in [-0.3, -0.25) is 9.69 Å². The minimum Gasteiger partial charge on any atom is -0.480 e. The Morgan fingerprint density at radius 3 is 2.45 bits per heavy atom. The Labute approximate surface area is 224 Å². The third-order valence-electron chi connectivity index (χ3n) is 12.1. The van der Waals surface area contributed by atoms with Crippen LogP contribution in [0.4, 0.5) is 5.82 Å². The third kappa shape index (κ3) is 3.26. The fourth-order valence-electron chi connectivity index (χ4n) is 10.2. The summed E-state index contributed by atoms with van der Waals surface area (Å²) < 4.78 is 2.02. The Morgan fingerprint density at radius 2 is 1.71 bits per heavy atom. The number of carboxylic acids is 1. The van der Waals surface area contributed by atoms with Crippen molar-refractivity contribution in [3.8, 4) is 0 Å². The Bertz CT molecular complexity index is 1340. The number of para-hydroxylation sites is 2. The molecule has 1 aromatic carbocycles. The maximum atomic E-state index is 14.1. The van der Waals surface area contributed by atoms with Crippen molar-refractivity contribution in [2.45, 2.75) is 108 Å². The van der Waals surface area contributed by atoms with E-state index in [4.69, 9.17) is 4.98 Å². The zero-order chi connectivity index (χ0) is 25.8. The SMILES string of the molecule is CC12C[C@H]3C[C@@H](N4C5CCC[C@H]4C[C@@H](n4c(=O)c(N6CC[C@H]6C(=O)O)nc6ccccc64)C5)C[C@@H]1C[C@@H]2C3. The maximum Gasteiger partial charge on any atom is 0.326 e. The lowest BCUT2D eigenvalue weighted by molar-refractivity contribution is -0.140. The molecule has 0 radical (unpaired) electrons. The van der Waals surface area contributed by atoms with Crippen LogP contribution in [0.5, 0.6) is 0 Å². The highest BCUT2D eigenvalue weighted by Gasteiger charge is 2.60. The summed E-state index contributed by atoms with van der Waals surface area (Å²) in [4.78, 5) is 35.2. The van der Waals surface area contributed by atoms with Gasteiger partial charge in [0.25, 0.3) is 5.56 Å². The first kappa shape index (κ1) is 23.5. The van der Waals surface area contributed by atoms with Crippen LogP contribution in [0.1, 0.15) is 83.6 Å². The van der Waals surface area contributed by atoms with Gasteiger partial charge in [-0.15, -0.1) is 0 Å². The lowest BCUT2D eigenvalue weighted by Crippen LogP contribution is -2.59. The Kier molecular flexibility index (Phi) is 5.12. The summed E-state index contributed by atoms with van der Waals surface area (Å²) in [6.45, 7) is 3.16. The molecule has 9 atom stereocenters. The molecule has 6 aliphatic rings. The molecule has 4 bridgehead atoms. The molecule has 6 fully saturated rings. The Hall–Kier alpha value is -2.41. The molecular weight excluding hydrogens is 476 g/mol. The molecule has 1 aromatic heterocycles. The third-order valence-corrected chi connectivity index (χ3v) is 12.1. The summed E-state index contributed by atoms with van der Waals surface area (Å²) in [6, 6.07) is 9.22. The van der Waals surface area contributed by atoms with E-state index in [1.807, 2.05) is 28.8 Å². The van der Waals surface area contributed by atoms with E-state index in [1.165, 1.54) is 51.4 Å². The second-order valence-electron chi connectivity index (χ2n) is 13.8. The number of carbonyl (C=O) groups is 1. The molecule has 3 saturated carbocycles. The van der Waals surface area contributed by atoms with Crippen LogP contribution in [0.25, 0.3) is 11.0 Å². The molecule has 3 aliphatic carbocycles. The first-order valence-electron chi connectivity index (χ1n) is 15.2. The number of hydrogen-bond donors (Lipinski definition) is 1. The molecule has 8 rings (SSSR count). The van der Waals surface area contributed by atoms with Gasteiger partial charge in [0.2, 0.25) is 0 Å². The molecule has 7 heteroatoms. The Morgan fingerprint density at radius 1 is 0.947 bits per heavy atom. The number of anilines is 1. The summed E-state index contributed by atoms with van der Waals surface area (Å²) in [7, 11) is 0. The number of piperidine rings is 2. The molecule has 2 aromatic rings. The van der Waals surface area contributed by atoms with E-state index in [0.29, 0.717) is 42.3 Å². The highest BCUT2D eigenvalue weighted by molar-refractivity contribution is 5.81. The van der Waals surface area contributed by atoms with Crippen molar-refractivity contribution < 1.29 is 9.90 Å². The highest BCUT2D eigenvalue weighted by Crippen LogP contribution is 2.67. The summed E-state index contributed by atoms with van der Waals surface area (Å²) >= 11 is 0. The minimum atomic E-state index is -0.872. The number of benzene rings is 1. The van der Waals surface area contributed by atoms with Crippen LogP contribution in [-0.4, -0.2) is 56.2 Å². The molecule has 38 heavy (non-hydrogen) atoms. The van der Waals surface area contributed by atoms with Gasteiger partial charge in [0.05, 0.1) is 11.0 Å². The number of rotatable bonds is 4. The standard InChI is InChI=1S/C31H40N4O3/c1-31-17-18-11-19(31)13-20(31)14-23(12-18)34-21-5-4-6-22(34)16-24(15-21)35-26-8-3-2-7-25(26)32-28(29(35)36)33-10-9-27(33)30(37)38/h2-3,7-8,18-24,27H,4-6,9-17H2,1H3,(H,37,38)/t18-,19+,20+,21+,22?,23-,24-,27+,31?/m1/s1. The fraction of sp³-hybridized carbons (Fsp3) is 0.710. The number of hydrogen-bond acceptors (Lipinski definition) is 5. The number of fused-ring (bicyclic) bond motifs is 4. The van der Waals surface area contributed by atoms with Crippen molar-refractivity contribution >= 4 is 22.8 Å². The zero-order valence-corrected chi connectivity index (χ0v) is 22.5. The van der Waals surface area contributed by atoms with E-state index in [2.05, 4.69) is 11.8 Å². The van der Waals surface area contributed by atoms with Crippen molar-refractivity contribution in [3.05, 3.63) is 34.6 Å². The Balaban J connectivity index is 1.13. The van der Waals surface area contributed by atoms with E-state index in [0.717, 1.165) is 41.6 Å². The molecule has 0 spiro atoms. The second kappa shape index (κ2) is 8.30. The molecule has 1 N–H and O–H groups in total. The van der Waals surface area contributed by atoms with E-state index in [1.54, 1.807) is 4.90 Å². The number of nitrogens with zero attached hydrogens (tertiary/aromatic N) is 4. The van der Waals surface area contributed by atoms with E-state index in [-0.39, 0.29) is 11.6 Å². The molecule has 0 amide bonds. The average Bonchev–Trinajstić information content (AvgIpc) is 3.02. The van der Waals surface area contributed by atoms with E-state index in [9.17, 15) is 14.7 Å². The van der Waals surface area contributed by atoms with Crippen LogP contribution in [0.15, 0.2) is 29.1 Å². The molecule has 7 nitrogen and oxygen atoms in total. The molecule has 3 saturated heterocycles. The molecule has 202 valence electrons. The minimum absolute atomic E-state index is 0.105. The van der Waals surface area contributed by atoms with Gasteiger partial charge >= 0.3 is 5.97 Å². The smallest absolute Gasteiger partial charge is 0.326 e. The lowest BCUT2D eigenvalue weighted by Gasteiger charge is -2.56. The second-order valence-corrected chi connectivity index (χ2v) is 13.8. The van der Waals surface area contributed by atoms with E-state index >= 15 is 0 Å². The predicted octanol–water partition coefficient (Wildman–Crippen LogP) is 4.83. The van der Waals surface area contributed by atoms with Gasteiger partial charge < -0.3 is 14.6 Å². The van der Waals surface area contributed by atoms with Gasteiger partial charge in [-0.2, -0.15) is 0 Å². The largest absolute Gasteiger partial charge is 0.480 e. The van der Waals surface area contributed by atoms with Gasteiger partial charge in [0.15, 0.2) is 5.82 Å². The van der Waals surface area contributed by atoms with Crippen LogP contribution in [0, 0.1) is 23.2 Å². The number of aromatic nitrogens is 2. The monoisotopic (exact) mass is 516 g/mol.